The molecule has 2 N–H and O–H groups in total. The highest BCUT2D eigenvalue weighted by Crippen LogP contribution is 2.16. The van der Waals surface area contributed by atoms with Crippen LogP contribution < -0.4 is 10.6 Å². The van der Waals surface area contributed by atoms with Crippen molar-refractivity contribution in [3.8, 4) is 0 Å². The molecule has 1 fully saturated rings. The molecular formula is C17H28ClN3O4S. The van der Waals surface area contributed by atoms with Crippen LogP contribution in [-0.4, -0.2) is 58.5 Å². The van der Waals surface area contributed by atoms with Crippen molar-refractivity contribution in [1.29, 1.82) is 0 Å². The summed E-state index contributed by atoms with van der Waals surface area (Å²) < 4.78 is 31.9. The van der Waals surface area contributed by atoms with Crippen molar-refractivity contribution in [2.75, 3.05) is 39.9 Å². The molecule has 1 aliphatic rings. The lowest BCUT2D eigenvalue weighted by molar-refractivity contribution is -0.124. The first kappa shape index (κ1) is 22.9. The summed E-state index contributed by atoms with van der Waals surface area (Å²) in [6.45, 7) is 4.41. The van der Waals surface area contributed by atoms with Crippen LogP contribution in [0.25, 0.3) is 0 Å². The predicted molar refractivity (Wildman–Crippen MR) is 104 cm³/mol. The van der Waals surface area contributed by atoms with Gasteiger partial charge in [0.25, 0.3) is 0 Å². The number of hydrogen-bond acceptors (Lipinski definition) is 5. The first-order chi connectivity index (χ1) is 11.9. The van der Waals surface area contributed by atoms with E-state index in [9.17, 15) is 13.2 Å². The summed E-state index contributed by atoms with van der Waals surface area (Å²) in [7, 11) is -1.59. The van der Waals surface area contributed by atoms with Crippen molar-refractivity contribution >= 4 is 28.3 Å². The largest absolute Gasteiger partial charge is 0.379 e. The van der Waals surface area contributed by atoms with Gasteiger partial charge in [0.2, 0.25) is 15.9 Å². The molecular weight excluding hydrogens is 378 g/mol. The number of hydrogen-bond donors (Lipinski definition) is 2. The maximum Gasteiger partial charge on any atom is 0.224 e. The average Bonchev–Trinajstić information content (AvgIpc) is 2.61. The Balaban J connectivity index is 0.00000338. The van der Waals surface area contributed by atoms with Gasteiger partial charge in [-0.1, -0.05) is 31.2 Å². The Morgan fingerprint density at radius 2 is 1.85 bits per heavy atom. The fraction of sp³-hybridized carbons (Fsp3) is 0.588. The normalized spacial score (nSPS) is 16.5. The predicted octanol–water partition coefficient (Wildman–Crippen LogP) is 0.742. The molecule has 0 bridgehead atoms. The topological polar surface area (TPSA) is 87.7 Å². The van der Waals surface area contributed by atoms with Crippen LogP contribution in [-0.2, 0) is 31.9 Å². The molecule has 0 aromatic heterocycles. The average molecular weight is 406 g/mol. The van der Waals surface area contributed by atoms with Crippen LogP contribution >= 0.6 is 12.4 Å². The highest BCUT2D eigenvalue weighted by molar-refractivity contribution is 7.88. The third-order valence-electron chi connectivity index (χ3n) is 4.23. The van der Waals surface area contributed by atoms with E-state index in [1.807, 2.05) is 25.1 Å². The van der Waals surface area contributed by atoms with E-state index < -0.39 is 10.0 Å². The molecule has 0 radical (unpaired) electrons. The van der Waals surface area contributed by atoms with E-state index >= 15 is 0 Å². The first-order valence-electron chi connectivity index (χ1n) is 8.48. The first-order valence-corrected chi connectivity index (χ1v) is 10.1. The zero-order valence-electron chi connectivity index (χ0n) is 15.2. The van der Waals surface area contributed by atoms with Crippen LogP contribution in [0, 0.1) is 5.92 Å². The van der Waals surface area contributed by atoms with Gasteiger partial charge >= 0.3 is 0 Å². The second-order valence-corrected chi connectivity index (χ2v) is 8.18. The third kappa shape index (κ3) is 6.51. The van der Waals surface area contributed by atoms with Crippen LogP contribution in [0.15, 0.2) is 24.3 Å². The molecule has 0 spiro atoms. The van der Waals surface area contributed by atoms with Gasteiger partial charge in [-0.15, -0.1) is 12.4 Å². The molecule has 1 atom stereocenters. The van der Waals surface area contributed by atoms with E-state index in [1.54, 1.807) is 13.1 Å². The molecule has 1 aromatic rings. The summed E-state index contributed by atoms with van der Waals surface area (Å²) in [5.74, 6) is -0.264. The number of rotatable bonds is 8. The minimum Gasteiger partial charge on any atom is -0.379 e. The van der Waals surface area contributed by atoms with Gasteiger partial charge in [-0.25, -0.2) is 8.42 Å². The maximum atomic E-state index is 12.6. The molecule has 1 amide bonds. The maximum absolute atomic E-state index is 12.6. The smallest absolute Gasteiger partial charge is 0.224 e. The minimum absolute atomic E-state index is 0. The van der Waals surface area contributed by atoms with Crippen molar-refractivity contribution in [2.24, 2.45) is 5.92 Å². The van der Waals surface area contributed by atoms with Crippen LogP contribution in [0.1, 0.15) is 18.1 Å². The van der Waals surface area contributed by atoms with Gasteiger partial charge in [-0.3, -0.25) is 4.79 Å². The van der Waals surface area contributed by atoms with Crippen molar-refractivity contribution in [3.63, 3.8) is 0 Å². The molecule has 148 valence electrons. The molecule has 1 aliphatic heterocycles. The number of halogens is 1. The molecule has 2 rings (SSSR count). The van der Waals surface area contributed by atoms with Crippen LogP contribution in [0.4, 0.5) is 0 Å². The molecule has 9 heteroatoms. The second-order valence-electron chi connectivity index (χ2n) is 6.21. The van der Waals surface area contributed by atoms with Gasteiger partial charge in [0.05, 0.1) is 19.0 Å². The Morgan fingerprint density at radius 1 is 1.23 bits per heavy atom. The Kier molecular flexibility index (Phi) is 9.52. The quantitative estimate of drug-likeness (QED) is 0.666. The Hall–Kier alpha value is -1.19. The SMILES string of the molecule is CNCC(C)C(=O)NCc1ccccc1CS(=O)(=O)N1CCOCC1.Cl. The number of nitrogens with one attached hydrogen (secondary N) is 2. The molecule has 1 aromatic carbocycles. The second kappa shape index (κ2) is 10.8. The van der Waals surface area contributed by atoms with Crippen molar-refractivity contribution in [1.82, 2.24) is 14.9 Å². The van der Waals surface area contributed by atoms with Crippen LogP contribution in [0.3, 0.4) is 0 Å². The number of morpholine rings is 1. The van der Waals surface area contributed by atoms with Gasteiger partial charge in [-0.2, -0.15) is 4.31 Å². The molecule has 1 heterocycles. The fourth-order valence-corrected chi connectivity index (χ4v) is 4.30. The zero-order chi connectivity index (χ0) is 18.3. The van der Waals surface area contributed by atoms with E-state index in [0.29, 0.717) is 39.4 Å². The van der Waals surface area contributed by atoms with Crippen molar-refractivity contribution in [3.05, 3.63) is 35.4 Å². The van der Waals surface area contributed by atoms with Gasteiger partial charge in [0.15, 0.2) is 0 Å². The molecule has 0 saturated carbocycles. The van der Waals surface area contributed by atoms with Gasteiger partial charge in [0.1, 0.15) is 0 Å². The van der Waals surface area contributed by atoms with E-state index in [2.05, 4.69) is 10.6 Å². The molecule has 1 unspecified atom stereocenters. The summed E-state index contributed by atoms with van der Waals surface area (Å²) in [5.41, 5.74) is 1.54. The number of benzene rings is 1. The highest BCUT2D eigenvalue weighted by atomic mass is 35.5. The van der Waals surface area contributed by atoms with E-state index in [-0.39, 0.29) is 30.0 Å². The molecule has 7 nitrogen and oxygen atoms in total. The standard InChI is InChI=1S/C17H27N3O4S.ClH/c1-14(11-18-2)17(21)19-12-15-5-3-4-6-16(15)13-25(22,23)20-7-9-24-10-8-20;/h3-6,14,18H,7-13H2,1-2H3,(H,19,21);1H. The lowest BCUT2D eigenvalue weighted by Gasteiger charge is -2.26. The third-order valence-corrected chi connectivity index (χ3v) is 6.06. The number of sulfonamides is 1. The van der Waals surface area contributed by atoms with Gasteiger partial charge < -0.3 is 15.4 Å². The highest BCUT2D eigenvalue weighted by Gasteiger charge is 2.25. The lowest BCUT2D eigenvalue weighted by Crippen LogP contribution is -2.41. The lowest BCUT2D eigenvalue weighted by atomic mass is 10.1. The number of carbonyl (C=O) groups excluding carboxylic acids is 1. The Morgan fingerprint density at radius 3 is 2.46 bits per heavy atom. The minimum atomic E-state index is -3.39. The molecule has 1 saturated heterocycles. The Labute approximate surface area is 161 Å². The van der Waals surface area contributed by atoms with Crippen LogP contribution in [0.5, 0.6) is 0 Å². The van der Waals surface area contributed by atoms with Gasteiger partial charge in [0, 0.05) is 32.1 Å². The van der Waals surface area contributed by atoms with E-state index in [4.69, 9.17) is 4.74 Å². The monoisotopic (exact) mass is 405 g/mol. The van der Waals surface area contributed by atoms with Crippen molar-refractivity contribution < 1.29 is 17.9 Å². The van der Waals surface area contributed by atoms with E-state index in [1.165, 1.54) is 4.31 Å². The number of amides is 1. The molecule has 26 heavy (non-hydrogen) atoms. The van der Waals surface area contributed by atoms with E-state index in [0.717, 1.165) is 11.1 Å². The summed E-state index contributed by atoms with van der Waals surface area (Å²) in [6.07, 6.45) is 0. The van der Waals surface area contributed by atoms with Crippen molar-refractivity contribution in [2.45, 2.75) is 19.2 Å². The number of ether oxygens (including phenoxy) is 1. The summed E-state index contributed by atoms with van der Waals surface area (Å²) in [4.78, 5) is 12.1. The Bertz CT molecular complexity index is 678. The number of nitrogens with zero attached hydrogens (tertiary/aromatic N) is 1. The molecule has 0 aliphatic carbocycles. The zero-order valence-corrected chi connectivity index (χ0v) is 16.9. The van der Waals surface area contributed by atoms with Crippen LogP contribution in [0.2, 0.25) is 0 Å². The number of carbonyl (C=O) groups is 1. The summed E-state index contributed by atoms with van der Waals surface area (Å²) in [6, 6.07) is 7.33. The van der Waals surface area contributed by atoms with Gasteiger partial charge in [-0.05, 0) is 18.2 Å². The summed E-state index contributed by atoms with van der Waals surface area (Å²) >= 11 is 0. The fourth-order valence-electron chi connectivity index (χ4n) is 2.74. The summed E-state index contributed by atoms with van der Waals surface area (Å²) in [5, 5.41) is 5.85.